The number of hydrogen-bond acceptors (Lipinski definition) is 3. The molecule has 7 heteroatoms. The number of amides is 1. The van der Waals surface area contributed by atoms with E-state index in [0.29, 0.717) is 40.3 Å². The number of methoxy groups -OCH3 is 1. The predicted molar refractivity (Wildman–Crippen MR) is 108 cm³/mol. The van der Waals surface area contributed by atoms with Crippen molar-refractivity contribution in [1.82, 2.24) is 15.1 Å². The summed E-state index contributed by atoms with van der Waals surface area (Å²) in [5.74, 6) is -0.216. The molecule has 0 radical (unpaired) electrons. The maximum atomic E-state index is 12.7. The maximum Gasteiger partial charge on any atom is 0.270 e. The van der Waals surface area contributed by atoms with E-state index in [1.54, 1.807) is 36.1 Å². The number of halogens is 2. The van der Waals surface area contributed by atoms with Crippen molar-refractivity contribution < 1.29 is 9.53 Å². The number of hydrogen-bond donors (Lipinski definition) is 1. The predicted octanol–water partition coefficient (Wildman–Crippen LogP) is 4.61. The number of nitrogens with zero attached hydrogens (tertiary/aromatic N) is 2. The average Bonchev–Trinajstić information content (AvgIpc) is 3.13. The summed E-state index contributed by atoms with van der Waals surface area (Å²) in [7, 11) is 1.63. The molecule has 3 aromatic rings. The molecule has 1 N–H and O–H groups in total. The van der Waals surface area contributed by atoms with Gasteiger partial charge in [0.1, 0.15) is 5.69 Å². The van der Waals surface area contributed by atoms with Crippen LogP contribution < -0.4 is 5.32 Å². The summed E-state index contributed by atoms with van der Waals surface area (Å²) in [5.41, 5.74) is 2.70. The Hall–Kier alpha value is -2.34. The van der Waals surface area contributed by atoms with Crippen LogP contribution in [0, 0.1) is 0 Å². The molecule has 0 aliphatic rings. The average molecular weight is 404 g/mol. The van der Waals surface area contributed by atoms with E-state index in [1.807, 2.05) is 30.3 Å². The van der Waals surface area contributed by atoms with Crippen LogP contribution >= 0.6 is 23.2 Å². The normalized spacial score (nSPS) is 10.8. The van der Waals surface area contributed by atoms with Crippen molar-refractivity contribution in [3.05, 3.63) is 70.3 Å². The van der Waals surface area contributed by atoms with E-state index in [4.69, 9.17) is 27.9 Å². The molecule has 0 aliphatic carbocycles. The fourth-order valence-corrected chi connectivity index (χ4v) is 2.91. The molecule has 5 nitrogen and oxygen atoms in total. The highest BCUT2D eigenvalue weighted by atomic mass is 35.5. The molecular formula is C20H19Cl2N3O2. The van der Waals surface area contributed by atoms with Gasteiger partial charge in [-0.25, -0.2) is 4.68 Å². The van der Waals surface area contributed by atoms with Crippen molar-refractivity contribution >= 4 is 29.1 Å². The van der Waals surface area contributed by atoms with E-state index in [0.717, 1.165) is 12.0 Å². The molecular weight excluding hydrogens is 385 g/mol. The molecule has 0 saturated heterocycles. The molecule has 2 aromatic carbocycles. The highest BCUT2D eigenvalue weighted by Crippen LogP contribution is 2.27. The second kappa shape index (κ2) is 9.04. The zero-order chi connectivity index (χ0) is 19.2. The lowest BCUT2D eigenvalue weighted by molar-refractivity contribution is 0.0941. The Morgan fingerprint density at radius 1 is 1.11 bits per heavy atom. The minimum atomic E-state index is -0.216. The van der Waals surface area contributed by atoms with Crippen LogP contribution in [0.4, 0.5) is 0 Å². The molecule has 140 valence electrons. The van der Waals surface area contributed by atoms with E-state index in [9.17, 15) is 4.79 Å². The van der Waals surface area contributed by atoms with Crippen LogP contribution in [0.25, 0.3) is 16.9 Å². The molecule has 0 saturated carbocycles. The largest absolute Gasteiger partial charge is 0.385 e. The van der Waals surface area contributed by atoms with Gasteiger partial charge in [0, 0.05) is 25.8 Å². The van der Waals surface area contributed by atoms with E-state index in [-0.39, 0.29) is 5.91 Å². The van der Waals surface area contributed by atoms with Gasteiger partial charge < -0.3 is 10.1 Å². The van der Waals surface area contributed by atoms with E-state index in [1.165, 1.54) is 0 Å². The number of carbonyl (C=O) groups is 1. The topological polar surface area (TPSA) is 56.1 Å². The number of ether oxygens (including phenoxy) is 1. The highest BCUT2D eigenvalue weighted by molar-refractivity contribution is 6.42. The van der Waals surface area contributed by atoms with Crippen molar-refractivity contribution in [2.45, 2.75) is 6.42 Å². The van der Waals surface area contributed by atoms with Gasteiger partial charge >= 0.3 is 0 Å². The number of rotatable bonds is 7. The minimum Gasteiger partial charge on any atom is -0.385 e. The van der Waals surface area contributed by atoms with Gasteiger partial charge in [-0.15, -0.1) is 0 Å². The van der Waals surface area contributed by atoms with Crippen LogP contribution in [0.3, 0.4) is 0 Å². The Morgan fingerprint density at radius 2 is 1.89 bits per heavy atom. The van der Waals surface area contributed by atoms with Crippen molar-refractivity contribution in [3.63, 3.8) is 0 Å². The summed E-state index contributed by atoms with van der Waals surface area (Å²) in [6.45, 7) is 1.10. The first-order valence-corrected chi connectivity index (χ1v) is 9.24. The van der Waals surface area contributed by atoms with Gasteiger partial charge in [-0.3, -0.25) is 4.79 Å². The van der Waals surface area contributed by atoms with Gasteiger partial charge in [-0.05, 0) is 30.7 Å². The van der Waals surface area contributed by atoms with Gasteiger partial charge in [0.2, 0.25) is 0 Å². The lowest BCUT2D eigenvalue weighted by atomic mass is 10.1. The fraction of sp³-hybridized carbons (Fsp3) is 0.200. The summed E-state index contributed by atoms with van der Waals surface area (Å²) in [5, 5.41) is 8.36. The number of benzene rings is 2. The van der Waals surface area contributed by atoms with E-state index in [2.05, 4.69) is 10.4 Å². The van der Waals surface area contributed by atoms with E-state index < -0.39 is 0 Å². The Kier molecular flexibility index (Phi) is 6.50. The standard InChI is InChI=1S/C20H19Cl2N3O2/c1-27-11-5-10-23-20(26)19-13-18(14-6-3-2-4-7-14)24-25(19)15-8-9-16(21)17(22)12-15/h2-4,6-9,12-13H,5,10-11H2,1H3,(H,23,26). The van der Waals surface area contributed by atoms with Crippen LogP contribution in [0.5, 0.6) is 0 Å². The molecule has 0 atom stereocenters. The molecule has 0 spiro atoms. The third-order valence-electron chi connectivity index (χ3n) is 3.97. The molecule has 1 heterocycles. The summed E-state index contributed by atoms with van der Waals surface area (Å²) in [4.78, 5) is 12.7. The molecule has 3 rings (SSSR count). The highest BCUT2D eigenvalue weighted by Gasteiger charge is 2.18. The third-order valence-corrected chi connectivity index (χ3v) is 4.71. The lowest BCUT2D eigenvalue weighted by Crippen LogP contribution is -2.27. The molecule has 1 amide bonds. The maximum absolute atomic E-state index is 12.7. The number of aromatic nitrogens is 2. The Bertz CT molecular complexity index is 926. The summed E-state index contributed by atoms with van der Waals surface area (Å²) >= 11 is 12.2. The Labute approximate surface area is 167 Å². The fourth-order valence-electron chi connectivity index (χ4n) is 2.62. The zero-order valence-corrected chi connectivity index (χ0v) is 16.3. The van der Waals surface area contributed by atoms with Crippen molar-refractivity contribution in [1.29, 1.82) is 0 Å². The summed E-state index contributed by atoms with van der Waals surface area (Å²) < 4.78 is 6.59. The number of carbonyl (C=O) groups excluding carboxylic acids is 1. The number of nitrogens with one attached hydrogen (secondary N) is 1. The SMILES string of the molecule is COCCCNC(=O)c1cc(-c2ccccc2)nn1-c1ccc(Cl)c(Cl)c1. The van der Waals surface area contributed by atoms with Gasteiger partial charge in [0.05, 0.1) is 21.4 Å². The van der Waals surface area contributed by atoms with Crippen LogP contribution in [-0.2, 0) is 4.74 Å². The second-order valence-corrected chi connectivity index (χ2v) is 6.71. The van der Waals surface area contributed by atoms with Crippen LogP contribution in [0.1, 0.15) is 16.9 Å². The minimum absolute atomic E-state index is 0.216. The first kappa shape index (κ1) is 19.4. The van der Waals surface area contributed by atoms with E-state index >= 15 is 0 Å². The molecule has 1 aromatic heterocycles. The van der Waals surface area contributed by atoms with Gasteiger partial charge in [-0.2, -0.15) is 5.10 Å². The van der Waals surface area contributed by atoms with Crippen LogP contribution in [0.15, 0.2) is 54.6 Å². The first-order chi connectivity index (χ1) is 13.1. The van der Waals surface area contributed by atoms with Crippen LogP contribution in [0.2, 0.25) is 10.0 Å². The summed E-state index contributed by atoms with van der Waals surface area (Å²) in [6.07, 6.45) is 0.731. The third kappa shape index (κ3) is 4.69. The van der Waals surface area contributed by atoms with Crippen LogP contribution in [-0.4, -0.2) is 35.9 Å². The molecule has 0 unspecified atom stereocenters. The monoisotopic (exact) mass is 403 g/mol. The molecule has 0 aliphatic heterocycles. The van der Waals surface area contributed by atoms with Crippen molar-refractivity contribution in [2.24, 2.45) is 0 Å². The Morgan fingerprint density at radius 3 is 2.59 bits per heavy atom. The Balaban J connectivity index is 1.97. The van der Waals surface area contributed by atoms with Crippen molar-refractivity contribution in [3.8, 4) is 16.9 Å². The first-order valence-electron chi connectivity index (χ1n) is 8.48. The zero-order valence-electron chi connectivity index (χ0n) is 14.8. The smallest absolute Gasteiger partial charge is 0.270 e. The van der Waals surface area contributed by atoms with Gasteiger partial charge in [0.25, 0.3) is 5.91 Å². The molecule has 0 bridgehead atoms. The van der Waals surface area contributed by atoms with Crippen molar-refractivity contribution in [2.75, 3.05) is 20.3 Å². The lowest BCUT2D eigenvalue weighted by Gasteiger charge is -2.09. The van der Waals surface area contributed by atoms with Gasteiger partial charge in [0.15, 0.2) is 0 Å². The summed E-state index contributed by atoms with van der Waals surface area (Å²) in [6, 6.07) is 16.6. The van der Waals surface area contributed by atoms with Gasteiger partial charge in [-0.1, -0.05) is 53.5 Å². The quantitative estimate of drug-likeness (QED) is 0.585. The molecule has 27 heavy (non-hydrogen) atoms. The second-order valence-electron chi connectivity index (χ2n) is 5.89. The molecule has 0 fully saturated rings.